The van der Waals surface area contributed by atoms with E-state index in [1.165, 1.54) is 17.0 Å². The van der Waals surface area contributed by atoms with Crippen molar-refractivity contribution in [3.8, 4) is 5.69 Å². The third-order valence-corrected chi connectivity index (χ3v) is 4.62. The van der Waals surface area contributed by atoms with Gasteiger partial charge in [0, 0.05) is 30.4 Å². The van der Waals surface area contributed by atoms with Crippen molar-refractivity contribution >= 4 is 5.91 Å². The lowest BCUT2D eigenvalue weighted by molar-refractivity contribution is -0.137. The Balaban J connectivity index is 1.85. The average molecular weight is 387 g/mol. The summed E-state index contributed by atoms with van der Waals surface area (Å²) in [7, 11) is 1.57. The molecule has 3 aromatic rings. The molecular weight excluding hydrogens is 367 g/mol. The number of para-hydroxylation sites is 1. The summed E-state index contributed by atoms with van der Waals surface area (Å²) in [6, 6.07) is 14.1. The number of hydrogen-bond donors (Lipinski definition) is 0. The van der Waals surface area contributed by atoms with Crippen LogP contribution in [0.5, 0.6) is 0 Å². The van der Waals surface area contributed by atoms with Gasteiger partial charge in [0.05, 0.1) is 16.9 Å². The summed E-state index contributed by atoms with van der Waals surface area (Å²) in [6.07, 6.45) is -4.49. The number of hydrogen-bond acceptors (Lipinski definition) is 2. The van der Waals surface area contributed by atoms with E-state index in [4.69, 9.17) is 0 Å². The van der Waals surface area contributed by atoms with E-state index >= 15 is 0 Å². The normalized spacial score (nSPS) is 11.5. The lowest BCUT2D eigenvalue weighted by Gasteiger charge is -2.18. The molecule has 1 amide bonds. The molecule has 0 aliphatic heterocycles. The molecule has 2 aromatic carbocycles. The highest BCUT2D eigenvalue weighted by Crippen LogP contribution is 2.30. The zero-order chi connectivity index (χ0) is 20.5. The number of benzene rings is 2. The summed E-state index contributed by atoms with van der Waals surface area (Å²) in [5.41, 5.74) is 2.59. The van der Waals surface area contributed by atoms with Crippen molar-refractivity contribution in [2.75, 3.05) is 7.05 Å². The number of aromatic nitrogens is 2. The van der Waals surface area contributed by atoms with Crippen LogP contribution in [0.4, 0.5) is 13.2 Å². The molecule has 0 unspecified atom stereocenters. The maximum atomic E-state index is 12.9. The maximum Gasteiger partial charge on any atom is 0.416 e. The number of halogens is 3. The minimum atomic E-state index is -4.49. The number of amides is 1. The fourth-order valence-electron chi connectivity index (χ4n) is 3.08. The topological polar surface area (TPSA) is 38.1 Å². The summed E-state index contributed by atoms with van der Waals surface area (Å²) in [6.45, 7) is 4.01. The van der Waals surface area contributed by atoms with Gasteiger partial charge in [0.25, 0.3) is 5.91 Å². The lowest BCUT2D eigenvalue weighted by Crippen LogP contribution is -2.27. The van der Waals surface area contributed by atoms with E-state index in [2.05, 4.69) is 5.10 Å². The van der Waals surface area contributed by atoms with E-state index in [1.807, 2.05) is 44.2 Å². The Morgan fingerprint density at radius 3 is 2.39 bits per heavy atom. The van der Waals surface area contributed by atoms with Gasteiger partial charge in [-0.25, -0.2) is 4.68 Å². The number of alkyl halides is 3. The minimum absolute atomic E-state index is 0.00285. The Bertz CT molecular complexity index is 994. The number of aryl methyl sites for hydroxylation is 1. The monoisotopic (exact) mass is 387 g/mol. The molecule has 0 aliphatic carbocycles. The highest BCUT2D eigenvalue weighted by atomic mass is 19.4. The van der Waals surface area contributed by atoms with Crippen LogP contribution in [0.3, 0.4) is 0 Å². The molecule has 0 N–H and O–H groups in total. The zero-order valence-electron chi connectivity index (χ0n) is 15.8. The van der Waals surface area contributed by atoms with Crippen LogP contribution in [0, 0.1) is 13.8 Å². The van der Waals surface area contributed by atoms with Gasteiger partial charge in [-0.3, -0.25) is 4.79 Å². The van der Waals surface area contributed by atoms with Gasteiger partial charge in [0.2, 0.25) is 0 Å². The highest BCUT2D eigenvalue weighted by Gasteiger charge is 2.31. The predicted molar refractivity (Wildman–Crippen MR) is 100 cm³/mol. The second kappa shape index (κ2) is 7.50. The molecule has 0 radical (unpaired) electrons. The quantitative estimate of drug-likeness (QED) is 0.646. The predicted octanol–water partition coefficient (Wildman–Crippen LogP) is 4.78. The van der Waals surface area contributed by atoms with Crippen molar-refractivity contribution < 1.29 is 18.0 Å². The molecule has 1 heterocycles. The Morgan fingerprint density at radius 2 is 1.75 bits per heavy atom. The third-order valence-electron chi connectivity index (χ3n) is 4.62. The second-order valence-corrected chi connectivity index (χ2v) is 6.64. The first-order valence-electron chi connectivity index (χ1n) is 8.71. The van der Waals surface area contributed by atoms with Gasteiger partial charge < -0.3 is 4.90 Å². The summed E-state index contributed by atoms with van der Waals surface area (Å²) < 4.78 is 40.5. The van der Waals surface area contributed by atoms with Crippen molar-refractivity contribution in [3.63, 3.8) is 0 Å². The Labute approximate surface area is 161 Å². The van der Waals surface area contributed by atoms with Crippen LogP contribution in [0.2, 0.25) is 0 Å². The number of rotatable bonds is 4. The van der Waals surface area contributed by atoms with E-state index in [-0.39, 0.29) is 12.1 Å². The van der Waals surface area contributed by atoms with E-state index in [0.29, 0.717) is 0 Å². The Hall–Kier alpha value is -3.09. The SMILES string of the molecule is Cc1nn(-c2ccccc2)c(C)c1CN(C)C(=O)c1cccc(C(F)(F)F)c1. The first kappa shape index (κ1) is 19.7. The molecule has 1 aromatic heterocycles. The van der Waals surface area contributed by atoms with Crippen LogP contribution in [-0.2, 0) is 12.7 Å². The summed E-state index contributed by atoms with van der Waals surface area (Å²) in [4.78, 5) is 14.1. The van der Waals surface area contributed by atoms with Crippen molar-refractivity contribution in [1.82, 2.24) is 14.7 Å². The Morgan fingerprint density at radius 1 is 1.07 bits per heavy atom. The van der Waals surface area contributed by atoms with E-state index < -0.39 is 17.6 Å². The highest BCUT2D eigenvalue weighted by molar-refractivity contribution is 5.94. The van der Waals surface area contributed by atoms with Crippen molar-refractivity contribution in [2.45, 2.75) is 26.6 Å². The number of carbonyl (C=O) groups excluding carboxylic acids is 1. The van der Waals surface area contributed by atoms with Crippen LogP contribution >= 0.6 is 0 Å². The lowest BCUT2D eigenvalue weighted by atomic mass is 10.1. The number of nitrogens with zero attached hydrogens (tertiary/aromatic N) is 3. The summed E-state index contributed by atoms with van der Waals surface area (Å²) in [5, 5.41) is 4.54. The molecule has 7 heteroatoms. The molecule has 3 rings (SSSR count). The van der Waals surface area contributed by atoms with E-state index in [9.17, 15) is 18.0 Å². The van der Waals surface area contributed by atoms with Gasteiger partial charge in [-0.15, -0.1) is 0 Å². The van der Waals surface area contributed by atoms with Crippen LogP contribution in [0.1, 0.15) is 32.9 Å². The maximum absolute atomic E-state index is 12.9. The molecule has 0 atom stereocenters. The van der Waals surface area contributed by atoms with Gasteiger partial charge in [0.1, 0.15) is 0 Å². The third kappa shape index (κ3) is 3.93. The molecule has 28 heavy (non-hydrogen) atoms. The second-order valence-electron chi connectivity index (χ2n) is 6.64. The average Bonchev–Trinajstić information content (AvgIpc) is 2.95. The fourth-order valence-corrected chi connectivity index (χ4v) is 3.08. The fraction of sp³-hybridized carbons (Fsp3) is 0.238. The van der Waals surface area contributed by atoms with Gasteiger partial charge in [0.15, 0.2) is 0 Å². The van der Waals surface area contributed by atoms with E-state index in [0.717, 1.165) is 34.8 Å². The summed E-state index contributed by atoms with van der Waals surface area (Å²) >= 11 is 0. The van der Waals surface area contributed by atoms with Crippen LogP contribution in [0.15, 0.2) is 54.6 Å². The molecule has 0 fully saturated rings. The van der Waals surface area contributed by atoms with Crippen LogP contribution in [-0.4, -0.2) is 27.6 Å². The van der Waals surface area contributed by atoms with Crippen molar-refractivity contribution in [3.05, 3.63) is 82.7 Å². The van der Waals surface area contributed by atoms with Crippen LogP contribution in [0.25, 0.3) is 5.69 Å². The Kier molecular flexibility index (Phi) is 5.27. The van der Waals surface area contributed by atoms with Crippen molar-refractivity contribution in [2.24, 2.45) is 0 Å². The smallest absolute Gasteiger partial charge is 0.337 e. The largest absolute Gasteiger partial charge is 0.416 e. The molecule has 4 nitrogen and oxygen atoms in total. The van der Waals surface area contributed by atoms with Crippen molar-refractivity contribution in [1.29, 1.82) is 0 Å². The minimum Gasteiger partial charge on any atom is -0.337 e. The van der Waals surface area contributed by atoms with Gasteiger partial charge in [-0.05, 0) is 44.2 Å². The van der Waals surface area contributed by atoms with E-state index in [1.54, 1.807) is 11.7 Å². The van der Waals surface area contributed by atoms with Crippen LogP contribution < -0.4 is 0 Å². The molecule has 0 saturated carbocycles. The molecule has 0 saturated heterocycles. The van der Waals surface area contributed by atoms with Gasteiger partial charge in [-0.1, -0.05) is 24.3 Å². The molecular formula is C21H20F3N3O. The first-order chi connectivity index (χ1) is 13.2. The van der Waals surface area contributed by atoms with Gasteiger partial charge in [-0.2, -0.15) is 18.3 Å². The number of carbonyl (C=O) groups is 1. The molecule has 146 valence electrons. The van der Waals surface area contributed by atoms with Gasteiger partial charge >= 0.3 is 6.18 Å². The standard InChI is InChI=1S/C21H20F3N3O/c1-14-19(15(2)27(25-14)18-10-5-4-6-11-18)13-26(3)20(28)16-8-7-9-17(12-16)21(22,23)24/h4-12H,13H2,1-3H3. The molecule has 0 spiro atoms. The molecule has 0 aliphatic rings. The zero-order valence-corrected chi connectivity index (χ0v) is 15.8. The molecule has 0 bridgehead atoms. The first-order valence-corrected chi connectivity index (χ1v) is 8.71. The summed E-state index contributed by atoms with van der Waals surface area (Å²) in [5.74, 6) is -0.475.